The largest absolute Gasteiger partial charge is 0.314 e. The molecule has 0 bridgehead atoms. The van der Waals surface area contributed by atoms with Crippen LogP contribution >= 0.6 is 0 Å². The van der Waals surface area contributed by atoms with Gasteiger partial charge in [0.25, 0.3) is 5.91 Å². The van der Waals surface area contributed by atoms with Crippen LogP contribution < -0.4 is 5.32 Å². The van der Waals surface area contributed by atoms with Crippen LogP contribution in [0, 0.1) is 23.3 Å². The minimum atomic E-state index is -1.71. The monoisotopic (exact) mass is 260 g/mol. The summed E-state index contributed by atoms with van der Waals surface area (Å²) in [6.07, 6.45) is 0.980. The number of anilines is 1. The molecule has 0 saturated carbocycles. The summed E-state index contributed by atoms with van der Waals surface area (Å²) < 4.78 is 52.1. The highest BCUT2D eigenvalue weighted by Crippen LogP contribution is 2.24. The Morgan fingerprint density at radius 3 is 2.28 bits per heavy atom. The molecular weight excluding hydrogens is 256 g/mol. The fourth-order valence-electron chi connectivity index (χ4n) is 1.17. The van der Waals surface area contributed by atoms with E-state index in [1.807, 2.05) is 0 Å². The van der Waals surface area contributed by atoms with E-state index in [1.54, 1.807) is 5.32 Å². The van der Waals surface area contributed by atoms with Gasteiger partial charge in [-0.3, -0.25) is 9.89 Å². The molecule has 0 spiro atoms. The Morgan fingerprint density at radius 2 is 1.78 bits per heavy atom. The lowest BCUT2D eigenvalue weighted by Gasteiger charge is -2.07. The second-order valence-electron chi connectivity index (χ2n) is 3.13. The van der Waals surface area contributed by atoms with Crippen molar-refractivity contribution in [3.8, 4) is 0 Å². The second-order valence-corrected chi connectivity index (χ2v) is 3.13. The maximum absolute atomic E-state index is 13.2. The zero-order valence-electron chi connectivity index (χ0n) is 8.47. The van der Waals surface area contributed by atoms with Gasteiger partial charge in [0.15, 0.2) is 23.3 Å². The van der Waals surface area contributed by atoms with Crippen molar-refractivity contribution in [1.29, 1.82) is 0 Å². The predicted octanol–water partition coefficient (Wildman–Crippen LogP) is 1.61. The SMILES string of the molecule is O=C(Nc1c(F)c(F)cc(F)c1F)c1ncn[nH]1. The van der Waals surface area contributed by atoms with Crippen molar-refractivity contribution in [1.82, 2.24) is 15.2 Å². The van der Waals surface area contributed by atoms with E-state index in [-0.39, 0.29) is 11.9 Å². The van der Waals surface area contributed by atoms with Crippen LogP contribution in [-0.4, -0.2) is 21.1 Å². The zero-order chi connectivity index (χ0) is 13.3. The van der Waals surface area contributed by atoms with Crippen molar-refractivity contribution in [2.45, 2.75) is 0 Å². The summed E-state index contributed by atoms with van der Waals surface area (Å²) in [5.41, 5.74) is -1.23. The van der Waals surface area contributed by atoms with Gasteiger partial charge in [-0.25, -0.2) is 22.5 Å². The van der Waals surface area contributed by atoms with Gasteiger partial charge in [0.05, 0.1) is 0 Å². The third-order valence-electron chi connectivity index (χ3n) is 1.98. The van der Waals surface area contributed by atoms with Crippen LogP contribution in [0.15, 0.2) is 12.4 Å². The van der Waals surface area contributed by atoms with Gasteiger partial charge < -0.3 is 5.32 Å². The first-order valence-corrected chi connectivity index (χ1v) is 4.50. The molecule has 0 unspecified atom stereocenters. The van der Waals surface area contributed by atoms with Crippen LogP contribution in [0.25, 0.3) is 0 Å². The smallest absolute Gasteiger partial charge is 0.293 e. The number of aromatic amines is 1. The Balaban J connectivity index is 2.38. The summed E-state index contributed by atoms with van der Waals surface area (Å²) in [4.78, 5) is 14.8. The average Bonchev–Trinajstić information content (AvgIpc) is 2.85. The summed E-state index contributed by atoms with van der Waals surface area (Å²) in [5, 5.41) is 7.11. The van der Waals surface area contributed by atoms with E-state index in [0.29, 0.717) is 0 Å². The van der Waals surface area contributed by atoms with Crippen LogP contribution in [0.2, 0.25) is 0 Å². The Bertz CT molecular complexity index is 573. The van der Waals surface area contributed by atoms with E-state index in [1.165, 1.54) is 0 Å². The number of nitrogens with one attached hydrogen (secondary N) is 2. The van der Waals surface area contributed by atoms with E-state index < -0.39 is 34.9 Å². The fraction of sp³-hybridized carbons (Fsp3) is 0. The van der Waals surface area contributed by atoms with Crippen LogP contribution in [0.4, 0.5) is 23.2 Å². The number of hydrogen-bond acceptors (Lipinski definition) is 3. The molecule has 2 N–H and O–H groups in total. The van der Waals surface area contributed by atoms with Crippen LogP contribution in [0.1, 0.15) is 10.6 Å². The van der Waals surface area contributed by atoms with E-state index in [0.717, 1.165) is 6.33 Å². The first-order chi connectivity index (χ1) is 8.50. The topological polar surface area (TPSA) is 70.7 Å². The van der Waals surface area contributed by atoms with Gasteiger partial charge in [0, 0.05) is 6.07 Å². The summed E-state index contributed by atoms with van der Waals surface area (Å²) in [5.74, 6) is -8.11. The van der Waals surface area contributed by atoms with Gasteiger partial charge in [0.1, 0.15) is 12.0 Å². The number of nitrogens with zero attached hydrogens (tertiary/aromatic N) is 2. The van der Waals surface area contributed by atoms with Crippen molar-refractivity contribution >= 4 is 11.6 Å². The molecule has 2 aromatic rings. The van der Waals surface area contributed by atoms with Gasteiger partial charge in [0.2, 0.25) is 5.82 Å². The van der Waals surface area contributed by atoms with Crippen molar-refractivity contribution in [3.05, 3.63) is 41.5 Å². The number of H-pyrrole nitrogens is 1. The molecule has 0 atom stereocenters. The number of carbonyl (C=O) groups excluding carboxylic acids is 1. The standard InChI is InChI=1S/C9H4F4N4O/c10-3-1-4(11)6(13)7(5(3)12)16-9(18)8-14-2-15-17-8/h1-2H,(H,16,18)(H,14,15,17). The predicted molar refractivity (Wildman–Crippen MR) is 50.6 cm³/mol. The number of benzene rings is 1. The molecule has 0 radical (unpaired) electrons. The molecule has 5 nitrogen and oxygen atoms in total. The normalized spacial score (nSPS) is 10.4. The van der Waals surface area contributed by atoms with Crippen molar-refractivity contribution < 1.29 is 22.4 Å². The maximum atomic E-state index is 13.2. The quantitative estimate of drug-likeness (QED) is 0.636. The van der Waals surface area contributed by atoms with Crippen LogP contribution in [0.3, 0.4) is 0 Å². The second kappa shape index (κ2) is 4.43. The van der Waals surface area contributed by atoms with Gasteiger partial charge in [-0.2, -0.15) is 5.10 Å². The van der Waals surface area contributed by atoms with Crippen molar-refractivity contribution in [2.75, 3.05) is 5.32 Å². The lowest BCUT2D eigenvalue weighted by Crippen LogP contribution is -2.17. The van der Waals surface area contributed by atoms with Crippen molar-refractivity contribution in [2.24, 2.45) is 0 Å². The van der Waals surface area contributed by atoms with Gasteiger partial charge in [-0.15, -0.1) is 0 Å². The molecule has 0 fully saturated rings. The minimum absolute atomic E-state index is 0.0365. The lowest BCUT2D eigenvalue weighted by atomic mass is 10.2. The highest BCUT2D eigenvalue weighted by molar-refractivity contribution is 6.01. The molecule has 0 saturated heterocycles. The molecule has 2 rings (SSSR count). The molecule has 0 aliphatic heterocycles. The summed E-state index contributed by atoms with van der Waals surface area (Å²) >= 11 is 0. The maximum Gasteiger partial charge on any atom is 0.293 e. The number of aromatic nitrogens is 3. The zero-order valence-corrected chi connectivity index (χ0v) is 8.47. The molecule has 1 heterocycles. The third kappa shape index (κ3) is 2.01. The van der Waals surface area contributed by atoms with E-state index in [4.69, 9.17) is 0 Å². The molecule has 1 aromatic heterocycles. The number of halogens is 4. The first-order valence-electron chi connectivity index (χ1n) is 4.50. The Morgan fingerprint density at radius 1 is 1.17 bits per heavy atom. The molecule has 9 heteroatoms. The number of hydrogen-bond donors (Lipinski definition) is 2. The van der Waals surface area contributed by atoms with Crippen LogP contribution in [-0.2, 0) is 0 Å². The highest BCUT2D eigenvalue weighted by atomic mass is 19.2. The van der Waals surface area contributed by atoms with Gasteiger partial charge in [-0.1, -0.05) is 0 Å². The lowest BCUT2D eigenvalue weighted by molar-refractivity contribution is 0.101. The van der Waals surface area contributed by atoms with Crippen LogP contribution in [0.5, 0.6) is 0 Å². The molecular formula is C9H4F4N4O. The Kier molecular flexibility index (Phi) is 2.96. The summed E-state index contributed by atoms with van der Waals surface area (Å²) in [6.45, 7) is 0. The number of carbonyl (C=O) groups is 1. The molecule has 0 aliphatic rings. The first kappa shape index (κ1) is 12.0. The number of amides is 1. The van der Waals surface area contributed by atoms with Gasteiger partial charge in [-0.05, 0) is 0 Å². The Labute approximate surface area is 96.8 Å². The van der Waals surface area contributed by atoms with E-state index in [9.17, 15) is 22.4 Å². The third-order valence-corrected chi connectivity index (χ3v) is 1.98. The molecule has 1 aromatic carbocycles. The molecule has 0 aliphatic carbocycles. The molecule has 1 amide bonds. The highest BCUT2D eigenvalue weighted by Gasteiger charge is 2.22. The van der Waals surface area contributed by atoms with Crippen molar-refractivity contribution in [3.63, 3.8) is 0 Å². The molecule has 94 valence electrons. The number of rotatable bonds is 2. The summed E-state index contributed by atoms with van der Waals surface area (Å²) in [7, 11) is 0. The molecule has 18 heavy (non-hydrogen) atoms. The summed E-state index contributed by atoms with van der Waals surface area (Å²) in [6, 6.07) is 0.0365. The fourth-order valence-corrected chi connectivity index (χ4v) is 1.17. The van der Waals surface area contributed by atoms with E-state index in [2.05, 4.69) is 15.2 Å². The minimum Gasteiger partial charge on any atom is -0.314 e. The van der Waals surface area contributed by atoms with Gasteiger partial charge >= 0.3 is 0 Å². The Hall–Kier alpha value is -2.45. The average molecular weight is 260 g/mol. The van der Waals surface area contributed by atoms with E-state index >= 15 is 0 Å².